The number of nitrogens with two attached hydrogens (primary N) is 1. The molecule has 0 saturated carbocycles. The molecule has 3 N–H and O–H groups in total. The molecule has 2 bridgehead atoms. The highest BCUT2D eigenvalue weighted by molar-refractivity contribution is 5.82. The van der Waals surface area contributed by atoms with E-state index >= 15 is 0 Å². The number of piperidine rings is 1. The number of aliphatic hydroxyl groups excluding tert-OH is 1. The number of hydrogen-bond donors (Lipinski definition) is 2. The SMILES string of the molecule is C=CN1C2CC1CN(C(=O)C(N)CO)C2. The van der Waals surface area contributed by atoms with Crippen LogP contribution in [-0.4, -0.2) is 58.6 Å². The summed E-state index contributed by atoms with van der Waals surface area (Å²) in [5.41, 5.74) is 5.50. The predicted molar refractivity (Wildman–Crippen MR) is 55.9 cm³/mol. The Morgan fingerprint density at radius 3 is 2.67 bits per heavy atom. The summed E-state index contributed by atoms with van der Waals surface area (Å²) in [6.45, 7) is 4.87. The molecule has 5 nitrogen and oxygen atoms in total. The van der Waals surface area contributed by atoms with Crippen molar-refractivity contribution in [2.24, 2.45) is 5.73 Å². The van der Waals surface area contributed by atoms with Crippen molar-refractivity contribution in [1.82, 2.24) is 9.80 Å². The van der Waals surface area contributed by atoms with Crippen molar-refractivity contribution < 1.29 is 9.90 Å². The van der Waals surface area contributed by atoms with Gasteiger partial charge >= 0.3 is 0 Å². The van der Waals surface area contributed by atoms with Crippen LogP contribution in [0, 0.1) is 0 Å². The first-order chi connectivity index (χ1) is 7.17. The van der Waals surface area contributed by atoms with Gasteiger partial charge in [-0.05, 0) is 12.6 Å². The Balaban J connectivity index is 1.94. The van der Waals surface area contributed by atoms with Crippen molar-refractivity contribution in [3.05, 3.63) is 12.8 Å². The van der Waals surface area contributed by atoms with Gasteiger partial charge in [0.05, 0.1) is 6.61 Å². The summed E-state index contributed by atoms with van der Waals surface area (Å²) in [6, 6.07) is 0.0341. The second-order valence-electron chi connectivity index (χ2n) is 4.21. The first-order valence-corrected chi connectivity index (χ1v) is 5.22. The summed E-state index contributed by atoms with van der Waals surface area (Å²) in [4.78, 5) is 15.6. The van der Waals surface area contributed by atoms with E-state index in [1.165, 1.54) is 0 Å². The number of aliphatic hydroxyl groups is 1. The molecule has 3 fully saturated rings. The third-order valence-electron chi connectivity index (χ3n) is 3.29. The van der Waals surface area contributed by atoms with Crippen molar-refractivity contribution in [3.63, 3.8) is 0 Å². The monoisotopic (exact) mass is 211 g/mol. The van der Waals surface area contributed by atoms with Gasteiger partial charge in [-0.15, -0.1) is 0 Å². The normalized spacial score (nSPS) is 30.8. The van der Waals surface area contributed by atoms with Crippen LogP contribution in [0.2, 0.25) is 0 Å². The Hall–Kier alpha value is -1.07. The van der Waals surface area contributed by atoms with Crippen LogP contribution in [0.15, 0.2) is 12.8 Å². The number of hydrogen-bond acceptors (Lipinski definition) is 4. The van der Waals surface area contributed by atoms with Crippen LogP contribution in [-0.2, 0) is 4.79 Å². The Kier molecular flexibility index (Phi) is 2.67. The fraction of sp³-hybridized carbons (Fsp3) is 0.700. The van der Waals surface area contributed by atoms with Crippen molar-refractivity contribution in [2.45, 2.75) is 24.5 Å². The lowest BCUT2D eigenvalue weighted by Gasteiger charge is -2.56. The second kappa shape index (κ2) is 3.83. The van der Waals surface area contributed by atoms with Crippen molar-refractivity contribution in [3.8, 4) is 0 Å². The van der Waals surface area contributed by atoms with Gasteiger partial charge in [0.15, 0.2) is 0 Å². The maximum absolute atomic E-state index is 11.7. The van der Waals surface area contributed by atoms with Gasteiger partial charge in [0.25, 0.3) is 0 Å². The van der Waals surface area contributed by atoms with E-state index in [1.54, 1.807) is 4.90 Å². The summed E-state index contributed by atoms with van der Waals surface area (Å²) in [6.07, 6.45) is 2.97. The van der Waals surface area contributed by atoms with E-state index < -0.39 is 6.04 Å². The number of rotatable bonds is 3. The van der Waals surface area contributed by atoms with Gasteiger partial charge in [0.2, 0.25) is 5.91 Å². The molecule has 0 radical (unpaired) electrons. The molecule has 0 aromatic rings. The van der Waals surface area contributed by atoms with Crippen LogP contribution in [0.25, 0.3) is 0 Å². The third kappa shape index (κ3) is 1.61. The minimum absolute atomic E-state index is 0.143. The summed E-state index contributed by atoms with van der Waals surface area (Å²) >= 11 is 0. The highest BCUT2D eigenvalue weighted by Crippen LogP contribution is 2.32. The van der Waals surface area contributed by atoms with Gasteiger partial charge in [0.1, 0.15) is 6.04 Å². The van der Waals surface area contributed by atoms with E-state index in [1.807, 2.05) is 6.20 Å². The summed E-state index contributed by atoms with van der Waals surface area (Å²) in [5, 5.41) is 8.81. The zero-order chi connectivity index (χ0) is 11.0. The van der Waals surface area contributed by atoms with Gasteiger partial charge in [0, 0.05) is 25.2 Å². The quantitative estimate of drug-likeness (QED) is 0.611. The van der Waals surface area contributed by atoms with Gasteiger partial charge < -0.3 is 20.6 Å². The highest BCUT2D eigenvalue weighted by Gasteiger charge is 2.44. The molecule has 0 spiro atoms. The molecule has 0 aliphatic carbocycles. The molecule has 3 saturated heterocycles. The summed E-state index contributed by atoms with van der Waals surface area (Å²) < 4.78 is 0. The van der Waals surface area contributed by atoms with Crippen LogP contribution in [0.5, 0.6) is 0 Å². The molecular formula is C10H17N3O2. The number of amides is 1. The van der Waals surface area contributed by atoms with E-state index in [2.05, 4.69) is 11.5 Å². The molecule has 3 aliphatic heterocycles. The third-order valence-corrected chi connectivity index (χ3v) is 3.29. The first-order valence-electron chi connectivity index (χ1n) is 5.22. The van der Waals surface area contributed by atoms with E-state index in [0.717, 1.165) is 6.42 Å². The molecule has 3 unspecified atom stereocenters. The van der Waals surface area contributed by atoms with Crippen molar-refractivity contribution in [1.29, 1.82) is 0 Å². The lowest BCUT2D eigenvalue weighted by atomic mass is 9.88. The molecule has 3 aliphatic rings. The second-order valence-corrected chi connectivity index (χ2v) is 4.21. The van der Waals surface area contributed by atoms with Gasteiger partial charge in [-0.3, -0.25) is 4.79 Å². The predicted octanol–water partition coefficient (Wildman–Crippen LogP) is -1.27. The Morgan fingerprint density at radius 1 is 1.60 bits per heavy atom. The number of carbonyl (C=O) groups excluding carboxylic acids is 1. The summed E-state index contributed by atoms with van der Waals surface area (Å²) in [5.74, 6) is -0.143. The van der Waals surface area contributed by atoms with Crippen LogP contribution in [0.3, 0.4) is 0 Å². The van der Waals surface area contributed by atoms with Crippen LogP contribution < -0.4 is 5.73 Å². The molecule has 3 heterocycles. The van der Waals surface area contributed by atoms with E-state index in [0.29, 0.717) is 25.2 Å². The minimum atomic E-state index is -0.764. The van der Waals surface area contributed by atoms with Crippen LogP contribution in [0.4, 0.5) is 0 Å². The fourth-order valence-corrected chi connectivity index (χ4v) is 2.43. The molecular weight excluding hydrogens is 194 g/mol. The lowest BCUT2D eigenvalue weighted by Crippen LogP contribution is -2.68. The van der Waals surface area contributed by atoms with E-state index in [-0.39, 0.29) is 12.5 Å². The molecule has 5 heteroatoms. The molecule has 84 valence electrons. The molecule has 0 aromatic carbocycles. The standard InChI is InChI=1S/C10H17N3O2/c1-2-13-7-3-8(13)5-12(4-7)10(15)9(11)6-14/h2,7-9,14H,1,3-6,11H2. The number of fused-ring (bicyclic) bond motifs is 2. The van der Waals surface area contributed by atoms with Gasteiger partial charge in [-0.2, -0.15) is 0 Å². The number of piperazine rings is 1. The first kappa shape index (κ1) is 10.4. The van der Waals surface area contributed by atoms with Crippen molar-refractivity contribution in [2.75, 3.05) is 19.7 Å². The Bertz CT molecular complexity index is 270. The van der Waals surface area contributed by atoms with E-state index in [9.17, 15) is 4.79 Å². The summed E-state index contributed by atoms with van der Waals surface area (Å²) in [7, 11) is 0. The fourth-order valence-electron chi connectivity index (χ4n) is 2.43. The average molecular weight is 211 g/mol. The molecule has 3 atom stereocenters. The topological polar surface area (TPSA) is 69.8 Å². The van der Waals surface area contributed by atoms with Gasteiger partial charge in [-0.1, -0.05) is 6.58 Å². The number of nitrogens with zero attached hydrogens (tertiary/aromatic N) is 2. The van der Waals surface area contributed by atoms with Crippen LogP contribution in [0.1, 0.15) is 6.42 Å². The minimum Gasteiger partial charge on any atom is -0.394 e. The molecule has 1 amide bonds. The molecule has 0 aromatic heterocycles. The van der Waals surface area contributed by atoms with Crippen molar-refractivity contribution >= 4 is 5.91 Å². The van der Waals surface area contributed by atoms with E-state index in [4.69, 9.17) is 10.8 Å². The Labute approximate surface area is 89.1 Å². The zero-order valence-electron chi connectivity index (χ0n) is 8.67. The maximum Gasteiger partial charge on any atom is 0.242 e. The molecule has 3 rings (SSSR count). The number of carbonyl (C=O) groups is 1. The van der Waals surface area contributed by atoms with Crippen LogP contribution >= 0.6 is 0 Å². The maximum atomic E-state index is 11.7. The smallest absolute Gasteiger partial charge is 0.242 e. The largest absolute Gasteiger partial charge is 0.394 e. The zero-order valence-corrected chi connectivity index (χ0v) is 8.67. The highest BCUT2D eigenvalue weighted by atomic mass is 16.3. The molecule has 15 heavy (non-hydrogen) atoms. The van der Waals surface area contributed by atoms with Gasteiger partial charge in [-0.25, -0.2) is 0 Å². The average Bonchev–Trinajstić information content (AvgIpc) is 2.27. The lowest BCUT2D eigenvalue weighted by molar-refractivity contribution is -0.142. The Morgan fingerprint density at radius 2 is 2.20 bits per heavy atom.